The van der Waals surface area contributed by atoms with E-state index in [-0.39, 0.29) is 5.56 Å². The second-order valence-corrected chi connectivity index (χ2v) is 9.12. The molecule has 1 aromatic heterocycles. The third-order valence-electron chi connectivity index (χ3n) is 7.15. The number of carbonyl (C=O) groups is 1. The van der Waals surface area contributed by atoms with E-state index in [9.17, 15) is 9.59 Å². The van der Waals surface area contributed by atoms with Crippen molar-refractivity contribution >= 4 is 17.4 Å². The lowest BCUT2D eigenvalue weighted by molar-refractivity contribution is -0.937. The largest absolute Gasteiger partial charge is 0.495 e. The quantitative estimate of drug-likeness (QED) is 0.677. The molecule has 3 N–H and O–H groups in total. The molecule has 8 nitrogen and oxygen atoms in total. The van der Waals surface area contributed by atoms with Crippen LogP contribution in [0, 0.1) is 5.92 Å². The number of anilines is 2. The lowest BCUT2D eigenvalue weighted by Crippen LogP contribution is -3.18. The van der Waals surface area contributed by atoms with Gasteiger partial charge in [-0.15, -0.1) is 0 Å². The summed E-state index contributed by atoms with van der Waals surface area (Å²) in [4.78, 5) is 27.4. The molecule has 2 bridgehead atoms. The second-order valence-electron chi connectivity index (χ2n) is 9.12. The third kappa shape index (κ3) is 4.12. The summed E-state index contributed by atoms with van der Waals surface area (Å²) in [5.74, 6) is 1.45. The van der Waals surface area contributed by atoms with E-state index >= 15 is 0 Å². The fourth-order valence-corrected chi connectivity index (χ4v) is 5.66. The Morgan fingerprint density at radius 2 is 1.88 bits per heavy atom. The van der Waals surface area contributed by atoms with Gasteiger partial charge in [0, 0.05) is 36.9 Å². The molecule has 0 spiro atoms. The van der Waals surface area contributed by atoms with Crippen LogP contribution in [0.3, 0.4) is 0 Å². The van der Waals surface area contributed by atoms with Crippen molar-refractivity contribution in [2.75, 3.05) is 44.0 Å². The molecule has 3 aliphatic rings. The number of pyridine rings is 1. The standard InChI is InChI=1S/C24H30N4O4/c1-31-22-5-3-2-4-19(22)25-24(30)26-20-6-7-21-17-12-16(14-28(21)23(20)29)13-27(15-17)18-8-10-32-11-9-18/h2-7,16-18H,8-15H2,1H3,(H2,25,26,30)/p+1/t16-,17+/m0/s1. The Kier molecular flexibility index (Phi) is 5.89. The molecule has 2 fully saturated rings. The van der Waals surface area contributed by atoms with Gasteiger partial charge in [0.25, 0.3) is 5.56 Å². The molecular formula is C24H31N4O4+. The second kappa shape index (κ2) is 8.96. The number of carbonyl (C=O) groups excluding carboxylic acids is 1. The Bertz CT molecular complexity index is 1050. The minimum atomic E-state index is -0.460. The molecule has 3 atom stereocenters. The van der Waals surface area contributed by atoms with Gasteiger partial charge in [0.1, 0.15) is 11.4 Å². The van der Waals surface area contributed by atoms with Crippen molar-refractivity contribution in [3.05, 3.63) is 52.4 Å². The number of fused-ring (bicyclic) bond motifs is 4. The number of nitrogens with zero attached hydrogens (tertiary/aromatic N) is 1. The van der Waals surface area contributed by atoms with E-state index in [1.807, 2.05) is 22.8 Å². The highest BCUT2D eigenvalue weighted by atomic mass is 16.5. The zero-order chi connectivity index (χ0) is 22.1. The topological polar surface area (TPSA) is 86.0 Å². The van der Waals surface area contributed by atoms with Crippen LogP contribution in [0.1, 0.15) is 30.9 Å². The molecule has 2 amide bonds. The summed E-state index contributed by atoms with van der Waals surface area (Å²) >= 11 is 0. The van der Waals surface area contributed by atoms with Crippen molar-refractivity contribution in [2.45, 2.75) is 37.8 Å². The summed E-state index contributed by atoms with van der Waals surface area (Å²) in [6, 6.07) is 11.2. The van der Waals surface area contributed by atoms with Gasteiger partial charge in [0.15, 0.2) is 0 Å². The highest BCUT2D eigenvalue weighted by Gasteiger charge is 2.40. The van der Waals surface area contributed by atoms with Crippen molar-refractivity contribution in [1.82, 2.24) is 4.57 Å². The van der Waals surface area contributed by atoms with Gasteiger partial charge in [-0.05, 0) is 30.7 Å². The summed E-state index contributed by atoms with van der Waals surface area (Å²) in [7, 11) is 1.55. The maximum absolute atomic E-state index is 13.2. The van der Waals surface area contributed by atoms with Gasteiger partial charge in [0.05, 0.1) is 45.1 Å². The van der Waals surface area contributed by atoms with Crippen molar-refractivity contribution in [2.24, 2.45) is 5.92 Å². The van der Waals surface area contributed by atoms with Crippen LogP contribution in [0.5, 0.6) is 5.75 Å². The van der Waals surface area contributed by atoms with Crippen LogP contribution in [-0.4, -0.2) is 50.1 Å². The van der Waals surface area contributed by atoms with E-state index in [0.717, 1.165) is 57.8 Å². The van der Waals surface area contributed by atoms with E-state index in [0.29, 0.717) is 35.0 Å². The Labute approximate surface area is 187 Å². The minimum Gasteiger partial charge on any atom is -0.495 e. The monoisotopic (exact) mass is 439 g/mol. The van der Waals surface area contributed by atoms with Gasteiger partial charge in [-0.3, -0.25) is 4.79 Å². The smallest absolute Gasteiger partial charge is 0.323 e. The number of piperidine rings is 1. The molecule has 2 saturated heterocycles. The van der Waals surface area contributed by atoms with Gasteiger partial charge in [-0.25, -0.2) is 4.79 Å². The first-order chi connectivity index (χ1) is 15.6. The number of ether oxygens (including phenoxy) is 2. The van der Waals surface area contributed by atoms with E-state index in [2.05, 4.69) is 10.6 Å². The number of urea groups is 1. The number of methoxy groups -OCH3 is 1. The van der Waals surface area contributed by atoms with Crippen LogP contribution in [0.25, 0.3) is 0 Å². The molecule has 170 valence electrons. The van der Waals surface area contributed by atoms with Gasteiger partial charge in [-0.2, -0.15) is 0 Å². The third-order valence-corrected chi connectivity index (χ3v) is 7.15. The number of nitrogens with one attached hydrogen (secondary N) is 3. The lowest BCUT2D eigenvalue weighted by atomic mass is 9.82. The predicted octanol–water partition coefficient (Wildman–Crippen LogP) is 1.68. The fourth-order valence-electron chi connectivity index (χ4n) is 5.66. The molecule has 32 heavy (non-hydrogen) atoms. The van der Waals surface area contributed by atoms with E-state index < -0.39 is 6.03 Å². The SMILES string of the molecule is COc1ccccc1NC(=O)Nc1ccc2n(c1=O)C[C@H]1C[C@@H]2C[NH+](C2CCOCC2)C1. The summed E-state index contributed by atoms with van der Waals surface area (Å²) in [5, 5.41) is 5.49. The first-order valence-electron chi connectivity index (χ1n) is 11.5. The van der Waals surface area contributed by atoms with Crippen LogP contribution < -0.4 is 25.8 Å². The summed E-state index contributed by atoms with van der Waals surface area (Å²) in [6.07, 6.45) is 3.41. The van der Waals surface area contributed by atoms with Gasteiger partial charge >= 0.3 is 6.03 Å². The number of quaternary nitrogens is 1. The average molecular weight is 440 g/mol. The van der Waals surface area contributed by atoms with Gasteiger partial charge in [0.2, 0.25) is 0 Å². The van der Waals surface area contributed by atoms with Crippen molar-refractivity contribution < 1.29 is 19.2 Å². The average Bonchev–Trinajstić information content (AvgIpc) is 2.82. The number of benzene rings is 1. The molecule has 0 saturated carbocycles. The Balaban J connectivity index is 1.31. The maximum Gasteiger partial charge on any atom is 0.323 e. The Morgan fingerprint density at radius 1 is 1.09 bits per heavy atom. The van der Waals surface area contributed by atoms with E-state index in [1.54, 1.807) is 30.2 Å². The number of likely N-dealkylation sites (tertiary alicyclic amines) is 1. The Morgan fingerprint density at radius 3 is 2.69 bits per heavy atom. The molecule has 8 heteroatoms. The first-order valence-corrected chi connectivity index (χ1v) is 11.5. The molecule has 4 heterocycles. The predicted molar refractivity (Wildman–Crippen MR) is 122 cm³/mol. The Hall–Kier alpha value is -2.84. The van der Waals surface area contributed by atoms with Crippen molar-refractivity contribution in [1.29, 1.82) is 0 Å². The van der Waals surface area contributed by atoms with Gasteiger partial charge < -0.3 is 29.6 Å². The molecule has 2 aromatic rings. The van der Waals surface area contributed by atoms with Crippen LogP contribution in [0.2, 0.25) is 0 Å². The molecule has 1 aromatic carbocycles. The summed E-state index contributed by atoms with van der Waals surface area (Å²) in [5.41, 5.74) is 1.83. The van der Waals surface area contributed by atoms with E-state index in [4.69, 9.17) is 9.47 Å². The fraction of sp³-hybridized carbons (Fsp3) is 0.500. The van der Waals surface area contributed by atoms with Crippen LogP contribution in [0.15, 0.2) is 41.2 Å². The number of aromatic nitrogens is 1. The normalized spacial score (nSPS) is 25.0. The highest BCUT2D eigenvalue weighted by Crippen LogP contribution is 2.31. The van der Waals surface area contributed by atoms with Gasteiger partial charge in [-0.1, -0.05) is 12.1 Å². The zero-order valence-corrected chi connectivity index (χ0v) is 18.4. The number of rotatable bonds is 4. The molecule has 1 unspecified atom stereocenters. The van der Waals surface area contributed by atoms with Crippen molar-refractivity contribution in [3.8, 4) is 5.75 Å². The zero-order valence-electron chi connectivity index (χ0n) is 18.4. The summed E-state index contributed by atoms with van der Waals surface area (Å²) < 4.78 is 12.7. The molecule has 0 radical (unpaired) electrons. The number of hydrogen-bond acceptors (Lipinski definition) is 4. The van der Waals surface area contributed by atoms with Crippen LogP contribution >= 0.6 is 0 Å². The first kappa shape index (κ1) is 21.0. The maximum atomic E-state index is 13.2. The van der Waals surface area contributed by atoms with E-state index in [1.165, 1.54) is 0 Å². The van der Waals surface area contributed by atoms with Crippen LogP contribution in [-0.2, 0) is 11.3 Å². The minimum absolute atomic E-state index is 0.123. The molecular weight excluding hydrogens is 408 g/mol. The number of amides is 2. The lowest BCUT2D eigenvalue weighted by Gasteiger charge is -2.44. The molecule has 0 aliphatic carbocycles. The number of para-hydroxylation sites is 2. The highest BCUT2D eigenvalue weighted by molar-refractivity contribution is 6.00. The van der Waals surface area contributed by atoms with Crippen molar-refractivity contribution in [3.63, 3.8) is 0 Å². The number of hydrogen-bond donors (Lipinski definition) is 3. The molecule has 3 aliphatic heterocycles. The molecule has 5 rings (SSSR count). The van der Waals surface area contributed by atoms with Crippen LogP contribution in [0.4, 0.5) is 16.2 Å². The summed E-state index contributed by atoms with van der Waals surface area (Å²) in [6.45, 7) is 4.64.